The first-order valence-electron chi connectivity index (χ1n) is 6.81. The molecule has 116 valence electrons. The first kappa shape index (κ1) is 15.7. The Labute approximate surface area is 127 Å². The summed E-state index contributed by atoms with van der Waals surface area (Å²) < 4.78 is 9.72. The van der Waals surface area contributed by atoms with Gasteiger partial charge in [-0.3, -0.25) is 14.6 Å². The molecule has 0 aliphatic carbocycles. The molecule has 1 amide bonds. The molecule has 0 unspecified atom stereocenters. The lowest BCUT2D eigenvalue weighted by atomic mass is 10.2. The minimum Gasteiger partial charge on any atom is -0.469 e. The Bertz CT molecular complexity index is 639. The van der Waals surface area contributed by atoms with E-state index in [1.54, 1.807) is 31.6 Å². The third-order valence-corrected chi connectivity index (χ3v) is 3.12. The van der Waals surface area contributed by atoms with Crippen molar-refractivity contribution in [3.05, 3.63) is 36.3 Å². The van der Waals surface area contributed by atoms with Crippen LogP contribution < -0.4 is 0 Å². The fourth-order valence-electron chi connectivity index (χ4n) is 1.88. The molecule has 0 aliphatic heterocycles. The van der Waals surface area contributed by atoms with Crippen molar-refractivity contribution in [1.82, 2.24) is 15.0 Å². The fourth-order valence-corrected chi connectivity index (χ4v) is 1.88. The van der Waals surface area contributed by atoms with E-state index < -0.39 is 0 Å². The first-order chi connectivity index (χ1) is 10.6. The van der Waals surface area contributed by atoms with Gasteiger partial charge in [-0.25, -0.2) is 0 Å². The summed E-state index contributed by atoms with van der Waals surface area (Å²) in [4.78, 5) is 28.7. The number of rotatable bonds is 6. The molecule has 0 aromatic carbocycles. The van der Waals surface area contributed by atoms with Crippen molar-refractivity contribution in [1.29, 1.82) is 0 Å². The first-order valence-corrected chi connectivity index (χ1v) is 6.81. The fraction of sp³-hybridized carbons (Fsp3) is 0.333. The van der Waals surface area contributed by atoms with Gasteiger partial charge in [0.15, 0.2) is 11.5 Å². The van der Waals surface area contributed by atoms with Crippen molar-refractivity contribution < 1.29 is 18.8 Å². The van der Waals surface area contributed by atoms with Gasteiger partial charge < -0.3 is 14.2 Å². The molecule has 0 aliphatic rings. The van der Waals surface area contributed by atoms with Gasteiger partial charge in [0.2, 0.25) is 0 Å². The van der Waals surface area contributed by atoms with Crippen LogP contribution in [0.25, 0.3) is 11.3 Å². The van der Waals surface area contributed by atoms with Crippen molar-refractivity contribution in [2.24, 2.45) is 0 Å². The number of pyridine rings is 1. The molecule has 2 heterocycles. The van der Waals surface area contributed by atoms with Crippen LogP contribution in [0.4, 0.5) is 0 Å². The highest BCUT2D eigenvalue weighted by Crippen LogP contribution is 2.19. The van der Waals surface area contributed by atoms with E-state index in [-0.39, 0.29) is 24.0 Å². The van der Waals surface area contributed by atoms with Crippen LogP contribution in [0.5, 0.6) is 0 Å². The number of hydrogen-bond donors (Lipinski definition) is 0. The molecule has 22 heavy (non-hydrogen) atoms. The Morgan fingerprint density at radius 2 is 2.23 bits per heavy atom. The van der Waals surface area contributed by atoms with Gasteiger partial charge in [-0.1, -0.05) is 5.16 Å². The monoisotopic (exact) mass is 303 g/mol. The zero-order chi connectivity index (χ0) is 15.9. The average Bonchev–Trinajstić information content (AvgIpc) is 3.04. The lowest BCUT2D eigenvalue weighted by Gasteiger charge is -2.14. The highest BCUT2D eigenvalue weighted by atomic mass is 16.5. The number of hydrogen-bond acceptors (Lipinski definition) is 6. The van der Waals surface area contributed by atoms with Crippen molar-refractivity contribution in [3.63, 3.8) is 0 Å². The van der Waals surface area contributed by atoms with E-state index in [1.807, 2.05) is 6.07 Å². The molecule has 0 bridgehead atoms. The van der Waals surface area contributed by atoms with Crippen LogP contribution in [0.15, 0.2) is 35.1 Å². The lowest BCUT2D eigenvalue weighted by Crippen LogP contribution is -2.28. The molecule has 0 spiro atoms. The molecule has 2 aromatic rings. The third-order valence-electron chi connectivity index (χ3n) is 3.12. The number of aromatic nitrogens is 2. The number of amides is 1. The molecule has 0 radical (unpaired) electrons. The molecule has 0 saturated carbocycles. The van der Waals surface area contributed by atoms with Crippen LogP contribution in [0, 0.1) is 0 Å². The molecule has 0 N–H and O–H groups in total. The quantitative estimate of drug-likeness (QED) is 0.756. The smallest absolute Gasteiger partial charge is 0.305 e. The molecule has 7 nitrogen and oxygen atoms in total. The highest BCUT2D eigenvalue weighted by Gasteiger charge is 2.17. The Balaban J connectivity index is 1.95. The normalized spacial score (nSPS) is 10.3. The number of ether oxygens (including phenoxy) is 1. The van der Waals surface area contributed by atoms with Crippen LogP contribution in [0.2, 0.25) is 0 Å². The summed E-state index contributed by atoms with van der Waals surface area (Å²) in [5.74, 6) is -0.0654. The minimum absolute atomic E-state index is 0.222. The van der Waals surface area contributed by atoms with E-state index in [2.05, 4.69) is 14.9 Å². The second-order valence-electron chi connectivity index (χ2n) is 4.72. The summed E-state index contributed by atoms with van der Waals surface area (Å²) in [5.41, 5.74) is 0.974. The summed E-state index contributed by atoms with van der Waals surface area (Å²) in [6, 6.07) is 5.18. The second kappa shape index (κ2) is 7.35. The lowest BCUT2D eigenvalue weighted by molar-refractivity contribution is -0.140. The Morgan fingerprint density at radius 3 is 2.91 bits per heavy atom. The topological polar surface area (TPSA) is 85.5 Å². The van der Waals surface area contributed by atoms with Gasteiger partial charge in [-0.15, -0.1) is 0 Å². The zero-order valence-electron chi connectivity index (χ0n) is 12.5. The van der Waals surface area contributed by atoms with Crippen LogP contribution in [0.3, 0.4) is 0 Å². The molecule has 0 fully saturated rings. The second-order valence-corrected chi connectivity index (χ2v) is 4.72. The van der Waals surface area contributed by atoms with Crippen molar-refractivity contribution in [3.8, 4) is 11.3 Å². The summed E-state index contributed by atoms with van der Waals surface area (Å²) >= 11 is 0. The summed E-state index contributed by atoms with van der Waals surface area (Å²) in [6.45, 7) is 0.434. The summed E-state index contributed by atoms with van der Waals surface area (Å²) in [5, 5.41) is 3.79. The van der Waals surface area contributed by atoms with Crippen LogP contribution in [0.1, 0.15) is 23.3 Å². The molecular formula is C15H17N3O4. The van der Waals surface area contributed by atoms with Crippen molar-refractivity contribution >= 4 is 11.9 Å². The maximum Gasteiger partial charge on any atom is 0.305 e. The number of methoxy groups -OCH3 is 1. The van der Waals surface area contributed by atoms with Gasteiger partial charge in [-0.2, -0.15) is 0 Å². The maximum absolute atomic E-state index is 12.2. The molecule has 2 aromatic heterocycles. The molecule has 7 heteroatoms. The average molecular weight is 303 g/mol. The van der Waals surface area contributed by atoms with E-state index in [0.29, 0.717) is 18.7 Å². The predicted octanol–water partition coefficient (Wildman–Crippen LogP) is 1.76. The standard InChI is InChI=1S/C15H17N3O4/c1-18(8-4-6-14(19)21-2)15(20)12-9-13(22-17-12)11-5-3-7-16-10-11/h3,5,7,9-10H,4,6,8H2,1-2H3. The predicted molar refractivity (Wildman–Crippen MR) is 77.9 cm³/mol. The van der Waals surface area contributed by atoms with Gasteiger partial charge in [0.05, 0.1) is 7.11 Å². The number of esters is 1. The Kier molecular flexibility index (Phi) is 5.24. The van der Waals surface area contributed by atoms with Gasteiger partial charge in [-0.05, 0) is 18.6 Å². The van der Waals surface area contributed by atoms with E-state index >= 15 is 0 Å². The van der Waals surface area contributed by atoms with Crippen molar-refractivity contribution in [2.75, 3.05) is 20.7 Å². The SMILES string of the molecule is COC(=O)CCCN(C)C(=O)c1cc(-c2cccnc2)on1. The molecule has 2 rings (SSSR count). The van der Waals surface area contributed by atoms with Crippen LogP contribution in [-0.4, -0.2) is 47.6 Å². The van der Waals surface area contributed by atoms with Crippen molar-refractivity contribution in [2.45, 2.75) is 12.8 Å². The van der Waals surface area contributed by atoms with Gasteiger partial charge in [0.25, 0.3) is 5.91 Å². The van der Waals surface area contributed by atoms with E-state index in [0.717, 1.165) is 5.56 Å². The zero-order valence-corrected chi connectivity index (χ0v) is 12.5. The molecule has 0 saturated heterocycles. The highest BCUT2D eigenvalue weighted by molar-refractivity contribution is 5.92. The van der Waals surface area contributed by atoms with E-state index in [1.165, 1.54) is 12.0 Å². The summed E-state index contributed by atoms with van der Waals surface area (Å²) in [7, 11) is 2.99. The number of carbonyl (C=O) groups is 2. The van der Waals surface area contributed by atoms with Crippen LogP contribution >= 0.6 is 0 Å². The number of carbonyl (C=O) groups excluding carboxylic acids is 2. The number of nitrogens with zero attached hydrogens (tertiary/aromatic N) is 3. The third kappa shape index (κ3) is 3.91. The Morgan fingerprint density at radius 1 is 1.41 bits per heavy atom. The molecular weight excluding hydrogens is 286 g/mol. The Hall–Kier alpha value is -2.70. The van der Waals surface area contributed by atoms with E-state index in [4.69, 9.17) is 4.52 Å². The summed E-state index contributed by atoms with van der Waals surface area (Å²) in [6.07, 6.45) is 4.09. The maximum atomic E-state index is 12.2. The minimum atomic E-state index is -0.291. The molecule has 0 atom stereocenters. The van der Waals surface area contributed by atoms with Gasteiger partial charge in [0, 0.05) is 44.0 Å². The van der Waals surface area contributed by atoms with Crippen LogP contribution in [-0.2, 0) is 9.53 Å². The van der Waals surface area contributed by atoms with E-state index in [9.17, 15) is 9.59 Å². The van der Waals surface area contributed by atoms with Gasteiger partial charge in [0.1, 0.15) is 0 Å². The largest absolute Gasteiger partial charge is 0.469 e. The van der Waals surface area contributed by atoms with Gasteiger partial charge >= 0.3 is 5.97 Å².